The van der Waals surface area contributed by atoms with Gasteiger partial charge in [0, 0.05) is 28.8 Å². The molecule has 5 nitrogen and oxygen atoms in total. The van der Waals surface area contributed by atoms with Gasteiger partial charge in [0.25, 0.3) is 0 Å². The van der Waals surface area contributed by atoms with Crippen molar-refractivity contribution in [3.63, 3.8) is 0 Å². The molecule has 0 bridgehead atoms. The summed E-state index contributed by atoms with van der Waals surface area (Å²) in [5, 5.41) is 10.8. The van der Waals surface area contributed by atoms with Crippen molar-refractivity contribution < 1.29 is 9.18 Å². The van der Waals surface area contributed by atoms with Crippen molar-refractivity contribution in [2.24, 2.45) is 5.92 Å². The van der Waals surface area contributed by atoms with Crippen LogP contribution in [0.15, 0.2) is 90.6 Å². The quantitative estimate of drug-likeness (QED) is 0.339. The van der Waals surface area contributed by atoms with Gasteiger partial charge < -0.3 is 5.32 Å². The van der Waals surface area contributed by atoms with Crippen molar-refractivity contribution >= 4 is 33.3 Å². The molecule has 2 unspecified atom stereocenters. The van der Waals surface area contributed by atoms with Crippen LogP contribution < -0.4 is 5.32 Å². The van der Waals surface area contributed by atoms with Gasteiger partial charge in [-0.2, -0.15) is 5.10 Å². The lowest BCUT2D eigenvalue weighted by Crippen LogP contribution is -2.26. The van der Waals surface area contributed by atoms with Crippen LogP contribution in [0.5, 0.6) is 0 Å². The first kappa shape index (κ1) is 21.0. The van der Waals surface area contributed by atoms with Crippen LogP contribution in [0.4, 0.5) is 9.52 Å². The molecule has 0 saturated carbocycles. The summed E-state index contributed by atoms with van der Waals surface area (Å²) in [6.45, 7) is 1.94. The minimum atomic E-state index is -0.333. The maximum atomic E-state index is 13.3. The fourth-order valence-electron chi connectivity index (χ4n) is 4.12. The molecule has 164 valence electrons. The Labute approximate surface area is 194 Å². The number of nitrogens with one attached hydrogen (secondary N) is 1. The van der Waals surface area contributed by atoms with Crippen LogP contribution in [0.25, 0.3) is 16.6 Å². The third-order valence-electron chi connectivity index (χ3n) is 5.76. The molecule has 0 aliphatic heterocycles. The highest BCUT2D eigenvalue weighted by Crippen LogP contribution is 2.35. The van der Waals surface area contributed by atoms with Gasteiger partial charge in [0.1, 0.15) is 5.82 Å². The Balaban J connectivity index is 1.52. The SMILES string of the molecule is CC(C(=O)Nc1nccs1)C(c1ccccc1)c1ccc2c(cnn2-c2ccc(F)cc2)c1. The van der Waals surface area contributed by atoms with Crippen LogP contribution in [0.3, 0.4) is 0 Å². The average molecular weight is 457 g/mol. The van der Waals surface area contributed by atoms with Crippen LogP contribution in [0.1, 0.15) is 24.0 Å². The normalized spacial score (nSPS) is 13.0. The van der Waals surface area contributed by atoms with E-state index in [0.717, 1.165) is 27.7 Å². The summed E-state index contributed by atoms with van der Waals surface area (Å²) in [5.41, 5.74) is 3.78. The van der Waals surface area contributed by atoms with Crippen LogP contribution in [-0.2, 0) is 4.79 Å². The van der Waals surface area contributed by atoms with Crippen molar-refractivity contribution in [2.75, 3.05) is 5.32 Å². The molecule has 2 aromatic heterocycles. The number of nitrogens with zero attached hydrogens (tertiary/aromatic N) is 3. The predicted molar refractivity (Wildman–Crippen MR) is 129 cm³/mol. The van der Waals surface area contributed by atoms with Gasteiger partial charge in [0.05, 0.1) is 17.4 Å². The summed E-state index contributed by atoms with van der Waals surface area (Å²) in [5.74, 6) is -0.847. The van der Waals surface area contributed by atoms with Gasteiger partial charge in [-0.05, 0) is 47.5 Å². The number of thiazole rings is 1. The maximum absolute atomic E-state index is 13.3. The number of hydrogen-bond donors (Lipinski definition) is 1. The Morgan fingerprint density at radius 3 is 2.55 bits per heavy atom. The van der Waals surface area contributed by atoms with E-state index in [1.165, 1.54) is 23.5 Å². The smallest absolute Gasteiger partial charge is 0.229 e. The third kappa shape index (κ3) is 4.27. The second kappa shape index (κ2) is 8.96. The van der Waals surface area contributed by atoms with Crippen LogP contribution in [0.2, 0.25) is 0 Å². The predicted octanol–water partition coefficient (Wildman–Crippen LogP) is 6.03. The number of halogens is 1. The highest BCUT2D eigenvalue weighted by Gasteiger charge is 2.28. The molecule has 0 spiro atoms. The Hall–Kier alpha value is -3.84. The molecule has 1 amide bonds. The first-order valence-electron chi connectivity index (χ1n) is 10.6. The molecule has 1 N–H and O–H groups in total. The Kier molecular flexibility index (Phi) is 5.71. The van der Waals surface area contributed by atoms with Crippen LogP contribution in [-0.4, -0.2) is 20.7 Å². The summed E-state index contributed by atoms with van der Waals surface area (Å²) in [6.07, 6.45) is 3.47. The monoisotopic (exact) mass is 456 g/mol. The minimum absolute atomic E-state index is 0.0825. The van der Waals surface area contributed by atoms with Gasteiger partial charge in [0.15, 0.2) is 5.13 Å². The van der Waals surface area contributed by atoms with Gasteiger partial charge in [-0.1, -0.05) is 43.3 Å². The highest BCUT2D eigenvalue weighted by atomic mass is 32.1. The molecule has 0 fully saturated rings. The van der Waals surface area contributed by atoms with Crippen molar-refractivity contribution in [1.29, 1.82) is 0 Å². The molecule has 2 atom stereocenters. The maximum Gasteiger partial charge on any atom is 0.229 e. The molecular weight excluding hydrogens is 435 g/mol. The van der Waals surface area contributed by atoms with Gasteiger partial charge in [-0.15, -0.1) is 11.3 Å². The molecule has 0 radical (unpaired) electrons. The second-order valence-corrected chi connectivity index (χ2v) is 8.75. The number of carbonyl (C=O) groups is 1. The molecule has 33 heavy (non-hydrogen) atoms. The van der Waals surface area contributed by atoms with E-state index in [0.29, 0.717) is 5.13 Å². The summed E-state index contributed by atoms with van der Waals surface area (Å²) in [6, 6.07) is 22.4. The standard InChI is InChI=1S/C26H21FN4OS/c1-17(25(32)30-26-28-13-14-33-26)24(18-5-3-2-4-6-18)19-7-12-23-20(15-19)16-29-31(23)22-10-8-21(27)9-11-22/h2-17,24H,1H3,(H,28,30,32). The van der Waals surface area contributed by atoms with Gasteiger partial charge in [-0.3, -0.25) is 4.79 Å². The van der Waals surface area contributed by atoms with E-state index < -0.39 is 0 Å². The Bertz CT molecular complexity index is 1380. The number of anilines is 1. The van der Waals surface area contributed by atoms with E-state index in [2.05, 4.69) is 21.5 Å². The lowest BCUT2D eigenvalue weighted by Gasteiger charge is -2.24. The minimum Gasteiger partial charge on any atom is -0.302 e. The zero-order valence-electron chi connectivity index (χ0n) is 17.9. The van der Waals surface area contributed by atoms with Crippen molar-refractivity contribution in [3.05, 3.63) is 108 Å². The zero-order valence-corrected chi connectivity index (χ0v) is 18.7. The van der Waals surface area contributed by atoms with Gasteiger partial charge in [0.2, 0.25) is 5.91 Å². The summed E-state index contributed by atoms with van der Waals surface area (Å²) in [7, 11) is 0. The molecule has 0 aliphatic rings. The lowest BCUT2D eigenvalue weighted by atomic mass is 9.81. The summed E-state index contributed by atoms with van der Waals surface area (Å²) >= 11 is 1.40. The molecular formula is C26H21FN4OS. The molecule has 3 aromatic carbocycles. The Morgan fingerprint density at radius 1 is 1.03 bits per heavy atom. The number of amides is 1. The van der Waals surface area contributed by atoms with Crippen molar-refractivity contribution in [2.45, 2.75) is 12.8 Å². The number of benzene rings is 3. The van der Waals surface area contributed by atoms with E-state index in [-0.39, 0.29) is 23.6 Å². The summed E-state index contributed by atoms with van der Waals surface area (Å²) < 4.78 is 15.1. The average Bonchev–Trinajstić information content (AvgIpc) is 3.50. The topological polar surface area (TPSA) is 59.8 Å². The fourth-order valence-corrected chi connectivity index (χ4v) is 4.65. The van der Waals surface area contributed by atoms with Crippen molar-refractivity contribution in [3.8, 4) is 5.69 Å². The van der Waals surface area contributed by atoms with E-state index in [4.69, 9.17) is 0 Å². The fraction of sp³-hybridized carbons (Fsp3) is 0.115. The third-order valence-corrected chi connectivity index (χ3v) is 6.45. The summed E-state index contributed by atoms with van der Waals surface area (Å²) in [4.78, 5) is 17.3. The van der Waals surface area contributed by atoms with Gasteiger partial charge >= 0.3 is 0 Å². The molecule has 0 aliphatic carbocycles. The Morgan fingerprint density at radius 2 is 1.82 bits per heavy atom. The number of rotatable bonds is 6. The largest absolute Gasteiger partial charge is 0.302 e. The van der Waals surface area contributed by atoms with Crippen LogP contribution in [0, 0.1) is 11.7 Å². The molecule has 5 rings (SSSR count). The number of hydrogen-bond acceptors (Lipinski definition) is 4. The zero-order chi connectivity index (χ0) is 22.8. The number of fused-ring (bicyclic) bond motifs is 1. The highest BCUT2D eigenvalue weighted by molar-refractivity contribution is 7.13. The molecule has 7 heteroatoms. The van der Waals surface area contributed by atoms with E-state index in [1.807, 2.05) is 54.8 Å². The van der Waals surface area contributed by atoms with E-state index in [9.17, 15) is 9.18 Å². The molecule has 2 heterocycles. The van der Waals surface area contributed by atoms with E-state index in [1.54, 1.807) is 29.2 Å². The first-order chi connectivity index (χ1) is 16.1. The molecule has 0 saturated heterocycles. The first-order valence-corrected chi connectivity index (χ1v) is 11.5. The van der Waals surface area contributed by atoms with Crippen LogP contribution >= 0.6 is 11.3 Å². The van der Waals surface area contributed by atoms with E-state index >= 15 is 0 Å². The number of aromatic nitrogens is 3. The number of carbonyl (C=O) groups excluding carboxylic acids is 1. The lowest BCUT2D eigenvalue weighted by molar-refractivity contribution is -0.119. The van der Waals surface area contributed by atoms with Gasteiger partial charge in [-0.25, -0.2) is 14.1 Å². The second-order valence-electron chi connectivity index (χ2n) is 7.85. The van der Waals surface area contributed by atoms with Crippen molar-refractivity contribution in [1.82, 2.24) is 14.8 Å². The molecule has 5 aromatic rings.